The van der Waals surface area contributed by atoms with E-state index >= 15 is 0 Å². The molecule has 88 valence electrons. The van der Waals surface area contributed by atoms with Gasteiger partial charge in [0, 0.05) is 5.56 Å². The third kappa shape index (κ3) is 2.02. The quantitative estimate of drug-likeness (QED) is 0.651. The summed E-state index contributed by atoms with van der Waals surface area (Å²) < 4.78 is 39.0. The SMILES string of the molecule is NC(C(=O)O)c1c(F)c(F)c(Cl)c(F)c1Br. The Labute approximate surface area is 101 Å². The average Bonchev–Trinajstić information content (AvgIpc) is 2.23. The molecule has 1 rings (SSSR count). The minimum absolute atomic E-state index is 0.605. The summed E-state index contributed by atoms with van der Waals surface area (Å²) in [4.78, 5) is 10.5. The van der Waals surface area contributed by atoms with Crippen LogP contribution in [0, 0.1) is 17.5 Å². The van der Waals surface area contributed by atoms with Crippen LogP contribution in [0.25, 0.3) is 0 Å². The number of benzene rings is 1. The van der Waals surface area contributed by atoms with Crippen molar-refractivity contribution >= 4 is 33.5 Å². The van der Waals surface area contributed by atoms with Crippen LogP contribution in [0.3, 0.4) is 0 Å². The van der Waals surface area contributed by atoms with E-state index in [1.54, 1.807) is 0 Å². The molecule has 0 saturated carbocycles. The van der Waals surface area contributed by atoms with E-state index in [0.717, 1.165) is 0 Å². The smallest absolute Gasteiger partial charge is 0.325 e. The molecule has 0 aliphatic carbocycles. The molecule has 8 heteroatoms. The Kier molecular flexibility index (Phi) is 3.82. The summed E-state index contributed by atoms with van der Waals surface area (Å²) in [7, 11) is 0. The normalized spacial score (nSPS) is 12.6. The number of aliphatic carboxylic acids is 1. The van der Waals surface area contributed by atoms with Crippen molar-refractivity contribution in [1.29, 1.82) is 0 Å². The highest BCUT2D eigenvalue weighted by Gasteiger charge is 2.29. The Morgan fingerprint density at radius 2 is 1.81 bits per heavy atom. The van der Waals surface area contributed by atoms with Crippen molar-refractivity contribution in [2.45, 2.75) is 6.04 Å². The number of carboxylic acids is 1. The molecule has 0 aliphatic heterocycles. The Morgan fingerprint density at radius 3 is 2.25 bits per heavy atom. The lowest BCUT2D eigenvalue weighted by molar-refractivity contribution is -0.138. The van der Waals surface area contributed by atoms with Crippen molar-refractivity contribution in [3.05, 3.63) is 32.5 Å². The van der Waals surface area contributed by atoms with Crippen LogP contribution < -0.4 is 5.73 Å². The lowest BCUT2D eigenvalue weighted by atomic mass is 10.1. The molecule has 0 bridgehead atoms. The predicted octanol–water partition coefficient (Wildman–Crippen LogP) is 2.60. The molecule has 1 aromatic rings. The van der Waals surface area contributed by atoms with E-state index in [9.17, 15) is 18.0 Å². The van der Waals surface area contributed by atoms with Crippen LogP contribution in [-0.4, -0.2) is 11.1 Å². The summed E-state index contributed by atoms with van der Waals surface area (Å²) >= 11 is 7.71. The zero-order valence-electron chi connectivity index (χ0n) is 7.40. The number of hydrogen-bond donors (Lipinski definition) is 2. The largest absolute Gasteiger partial charge is 0.480 e. The summed E-state index contributed by atoms with van der Waals surface area (Å²) in [5, 5.41) is 7.48. The summed E-state index contributed by atoms with van der Waals surface area (Å²) in [6.45, 7) is 0. The van der Waals surface area contributed by atoms with Gasteiger partial charge in [0.05, 0.1) is 4.47 Å². The summed E-state index contributed by atoms with van der Waals surface area (Å²) in [5.41, 5.74) is 4.25. The van der Waals surface area contributed by atoms with Crippen LogP contribution in [0.15, 0.2) is 4.47 Å². The van der Waals surface area contributed by atoms with E-state index in [1.807, 2.05) is 0 Å². The highest BCUT2D eigenvalue weighted by Crippen LogP contribution is 2.35. The number of halogens is 5. The van der Waals surface area contributed by atoms with Gasteiger partial charge in [0.25, 0.3) is 0 Å². The van der Waals surface area contributed by atoms with Gasteiger partial charge in [0.2, 0.25) is 0 Å². The second-order valence-corrected chi connectivity index (χ2v) is 3.97. The van der Waals surface area contributed by atoms with E-state index in [0.29, 0.717) is 0 Å². The third-order valence-electron chi connectivity index (χ3n) is 1.82. The number of carbonyl (C=O) groups is 1. The van der Waals surface area contributed by atoms with Crippen molar-refractivity contribution in [3.8, 4) is 0 Å². The molecular formula is C8H4BrClF3NO2. The Bertz CT molecular complexity index is 440. The van der Waals surface area contributed by atoms with Gasteiger partial charge in [-0.15, -0.1) is 0 Å². The van der Waals surface area contributed by atoms with E-state index in [1.165, 1.54) is 0 Å². The fourth-order valence-electron chi connectivity index (χ4n) is 1.02. The zero-order chi connectivity index (χ0) is 12.6. The zero-order valence-corrected chi connectivity index (χ0v) is 9.74. The standard InChI is InChI=1S/C8H4BrClF3NO2/c9-2-1(7(14)8(15)16)4(11)6(13)3(10)5(2)12/h7H,14H2,(H,15,16). The molecule has 3 nitrogen and oxygen atoms in total. The fourth-order valence-corrected chi connectivity index (χ4v) is 1.93. The molecule has 3 N–H and O–H groups in total. The van der Waals surface area contributed by atoms with Crippen molar-refractivity contribution in [3.63, 3.8) is 0 Å². The summed E-state index contributed by atoms with van der Waals surface area (Å²) in [6, 6.07) is -1.89. The Balaban J connectivity index is 3.57. The second-order valence-electron chi connectivity index (χ2n) is 2.80. The summed E-state index contributed by atoms with van der Waals surface area (Å²) in [6.07, 6.45) is 0. The third-order valence-corrected chi connectivity index (χ3v) is 2.93. The first-order valence-electron chi connectivity index (χ1n) is 3.78. The van der Waals surface area contributed by atoms with Gasteiger partial charge in [-0.05, 0) is 15.9 Å². The van der Waals surface area contributed by atoms with Gasteiger partial charge < -0.3 is 10.8 Å². The van der Waals surface area contributed by atoms with E-state index in [2.05, 4.69) is 15.9 Å². The molecule has 1 atom stereocenters. The van der Waals surface area contributed by atoms with Crippen molar-refractivity contribution in [2.24, 2.45) is 5.73 Å². The first-order valence-corrected chi connectivity index (χ1v) is 4.95. The maximum absolute atomic E-state index is 13.3. The molecule has 0 amide bonds. The molecule has 0 spiro atoms. The molecule has 0 heterocycles. The summed E-state index contributed by atoms with van der Waals surface area (Å²) in [5.74, 6) is -6.18. The first kappa shape index (κ1) is 13.3. The van der Waals surface area contributed by atoms with Crippen LogP contribution in [-0.2, 0) is 4.79 Å². The second kappa shape index (κ2) is 4.60. The molecule has 0 radical (unpaired) electrons. The highest BCUT2D eigenvalue weighted by atomic mass is 79.9. The molecule has 1 unspecified atom stereocenters. The van der Waals surface area contributed by atoms with Crippen LogP contribution in [0.2, 0.25) is 5.02 Å². The minimum Gasteiger partial charge on any atom is -0.480 e. The van der Waals surface area contributed by atoms with Gasteiger partial charge in [0.15, 0.2) is 17.5 Å². The number of hydrogen-bond acceptors (Lipinski definition) is 2. The molecule has 16 heavy (non-hydrogen) atoms. The maximum atomic E-state index is 13.3. The molecule has 1 aromatic carbocycles. The van der Waals surface area contributed by atoms with Crippen molar-refractivity contribution < 1.29 is 23.1 Å². The lowest BCUT2D eigenvalue weighted by Crippen LogP contribution is -2.23. The Hall–Kier alpha value is -0.790. The van der Waals surface area contributed by atoms with Gasteiger partial charge in [-0.2, -0.15) is 0 Å². The van der Waals surface area contributed by atoms with Crippen LogP contribution in [0.1, 0.15) is 11.6 Å². The minimum atomic E-state index is -1.89. The van der Waals surface area contributed by atoms with Gasteiger partial charge in [-0.3, -0.25) is 4.79 Å². The topological polar surface area (TPSA) is 63.3 Å². The predicted molar refractivity (Wildman–Crippen MR) is 53.6 cm³/mol. The van der Waals surface area contributed by atoms with E-state index in [-0.39, 0.29) is 0 Å². The number of carboxylic acid groups (broad SMARTS) is 1. The number of rotatable bonds is 2. The molecule has 0 fully saturated rings. The van der Waals surface area contributed by atoms with Gasteiger partial charge >= 0.3 is 5.97 Å². The van der Waals surface area contributed by atoms with Gasteiger partial charge in [-0.1, -0.05) is 11.6 Å². The van der Waals surface area contributed by atoms with Gasteiger partial charge in [-0.25, -0.2) is 13.2 Å². The van der Waals surface area contributed by atoms with Gasteiger partial charge in [0.1, 0.15) is 11.1 Å². The van der Waals surface area contributed by atoms with Crippen LogP contribution >= 0.6 is 27.5 Å². The highest BCUT2D eigenvalue weighted by molar-refractivity contribution is 9.10. The fraction of sp³-hybridized carbons (Fsp3) is 0.125. The van der Waals surface area contributed by atoms with Crippen LogP contribution in [0.5, 0.6) is 0 Å². The molecule has 0 aromatic heterocycles. The first-order chi connectivity index (χ1) is 7.29. The average molecular weight is 318 g/mol. The Morgan fingerprint density at radius 1 is 1.31 bits per heavy atom. The molecule has 0 saturated heterocycles. The lowest BCUT2D eigenvalue weighted by Gasteiger charge is -2.12. The maximum Gasteiger partial charge on any atom is 0.325 e. The number of nitrogens with two attached hydrogens (primary N) is 1. The van der Waals surface area contributed by atoms with Crippen LogP contribution in [0.4, 0.5) is 13.2 Å². The van der Waals surface area contributed by atoms with E-state index in [4.69, 9.17) is 22.4 Å². The monoisotopic (exact) mass is 317 g/mol. The molecule has 0 aliphatic rings. The van der Waals surface area contributed by atoms with Crippen molar-refractivity contribution in [1.82, 2.24) is 0 Å². The van der Waals surface area contributed by atoms with E-state index < -0.39 is 44.5 Å². The van der Waals surface area contributed by atoms with Crippen molar-refractivity contribution in [2.75, 3.05) is 0 Å². The molecular weight excluding hydrogens is 314 g/mol.